The molecule has 24 nitrogen and oxygen atoms in total. The summed E-state index contributed by atoms with van der Waals surface area (Å²) < 4.78 is 0. The summed E-state index contributed by atoms with van der Waals surface area (Å²) >= 11 is 0. The van der Waals surface area contributed by atoms with Crippen LogP contribution in [-0.2, 0) is 72.0 Å². The Morgan fingerprint density at radius 1 is 0.440 bits per heavy atom. The molecule has 0 saturated heterocycles. The van der Waals surface area contributed by atoms with Crippen molar-refractivity contribution < 1.29 is 78.3 Å². The lowest BCUT2D eigenvalue weighted by Crippen LogP contribution is -2.61. The van der Waals surface area contributed by atoms with Crippen LogP contribution in [0, 0.1) is 5.92 Å². The fourth-order valence-electron chi connectivity index (χ4n) is 7.47. The number of rotatable bonds is 32. The minimum atomic E-state index is -2.21. The Hall–Kier alpha value is -8.25. The Bertz CT molecular complexity index is 2450. The molecule has 14 N–H and O–H groups in total. The molecule has 0 spiro atoms. The quantitative estimate of drug-likeness (QED) is 0.0362. The zero-order valence-corrected chi connectivity index (χ0v) is 41.6. The number of carboxylic acids is 4. The first kappa shape index (κ1) is 61.1. The Morgan fingerprint density at radius 2 is 0.853 bits per heavy atom. The van der Waals surface area contributed by atoms with Crippen LogP contribution >= 0.6 is 0 Å². The van der Waals surface area contributed by atoms with E-state index in [1.807, 2.05) is 0 Å². The third kappa shape index (κ3) is 22.2. The van der Waals surface area contributed by atoms with Crippen molar-refractivity contribution in [3.63, 3.8) is 0 Å². The molecule has 3 aromatic rings. The predicted octanol–water partition coefficient (Wildman–Crippen LogP) is -0.849. The first-order valence-corrected chi connectivity index (χ1v) is 24.0. The molecule has 0 heterocycles. The summed E-state index contributed by atoms with van der Waals surface area (Å²) in [5.74, 6) is -13.1. The predicted molar refractivity (Wildman–Crippen MR) is 267 cm³/mol. The second-order valence-corrected chi connectivity index (χ2v) is 18.2. The summed E-state index contributed by atoms with van der Waals surface area (Å²) in [5.41, 5.74) is 7.59. The van der Waals surface area contributed by atoms with Crippen LogP contribution in [0.15, 0.2) is 91.0 Å². The molecule has 9 atom stereocenters. The van der Waals surface area contributed by atoms with Gasteiger partial charge in [-0.15, -0.1) is 0 Å². The topological polar surface area (TPSA) is 399 Å². The molecule has 0 aliphatic rings. The maximum atomic E-state index is 14.2. The lowest BCUT2D eigenvalue weighted by molar-refractivity contribution is -0.143. The minimum Gasteiger partial charge on any atom is -0.481 e. The van der Waals surface area contributed by atoms with Gasteiger partial charge in [-0.2, -0.15) is 0 Å². The number of nitrogens with two attached hydrogens (primary N) is 1. The first-order chi connectivity index (χ1) is 35.4. The van der Waals surface area contributed by atoms with Gasteiger partial charge in [0.2, 0.25) is 35.4 Å². The van der Waals surface area contributed by atoms with Crippen LogP contribution in [0.2, 0.25) is 0 Å². The Balaban J connectivity index is 1.83. The van der Waals surface area contributed by atoms with Gasteiger partial charge >= 0.3 is 23.9 Å². The maximum Gasteiger partial charge on any atom is 0.326 e. The average molecular weight is 1050 g/mol. The van der Waals surface area contributed by atoms with Crippen molar-refractivity contribution in [2.45, 2.75) is 133 Å². The number of carboxylic acid groups (broad SMARTS) is 4. The average Bonchev–Trinajstić information content (AvgIpc) is 3.35. The zero-order valence-electron chi connectivity index (χ0n) is 41.6. The monoisotopic (exact) mass is 1050 g/mol. The molecule has 0 bridgehead atoms. The highest BCUT2D eigenvalue weighted by Gasteiger charge is 2.36. The number of hydrogen-bond acceptors (Lipinski definition) is 13. The first-order valence-electron chi connectivity index (χ1n) is 24.0. The molecule has 0 fully saturated rings. The molecule has 0 saturated carbocycles. The second-order valence-electron chi connectivity index (χ2n) is 18.2. The minimum absolute atomic E-state index is 0.00321. The molecule has 0 radical (unpaired) electrons. The molecule has 75 heavy (non-hydrogen) atoms. The molecule has 0 aliphatic heterocycles. The van der Waals surface area contributed by atoms with Crippen LogP contribution in [0.1, 0.15) is 76.0 Å². The van der Waals surface area contributed by atoms with Gasteiger partial charge in [0, 0.05) is 25.7 Å². The Labute approximate surface area is 432 Å². The van der Waals surface area contributed by atoms with Crippen molar-refractivity contribution in [1.82, 2.24) is 37.2 Å². The Kier molecular flexibility index (Phi) is 25.0. The second kappa shape index (κ2) is 30.7. The lowest BCUT2D eigenvalue weighted by atomic mass is 9.97. The molecule has 24 heteroatoms. The molecule has 7 amide bonds. The standard InChI is InChI=1S/C51H66N8O16/c1-28(2)23-36(57-49(72)37(25-31-15-9-5-10-16-31)56-45(68)33(52)19-21-40(60)61)48(71)55-35(24-30-13-7-4-8-14-30)43(66)50(73)58-38(27-42(64)65)47(70)53-29(3)44(67)54-34(20-22-41(62)63)46(69)59-39(51(74)75)26-32-17-11-6-12-18-32/h4-18,28-29,33-39,43,66H,19-27,52H2,1-3H3,(H,53,70)(H,54,67)(H,55,71)(H,56,68)(H,57,72)(H,58,73)(H,59,69)(H,60,61)(H,62,63)(H,64,65)(H,74,75)/t29-,33-,34-,35-,36-,37-,38-,39-,43+/m0/s1. The van der Waals surface area contributed by atoms with Crippen molar-refractivity contribution in [3.05, 3.63) is 108 Å². The van der Waals surface area contributed by atoms with Gasteiger partial charge in [-0.1, -0.05) is 105 Å². The molecule has 406 valence electrons. The fraction of sp³-hybridized carbons (Fsp3) is 0.431. The summed E-state index contributed by atoms with van der Waals surface area (Å²) in [6, 6.07) is 12.8. The van der Waals surface area contributed by atoms with Crippen molar-refractivity contribution in [2.24, 2.45) is 11.7 Å². The number of aliphatic hydroxyl groups is 1. The van der Waals surface area contributed by atoms with Crippen LogP contribution in [0.3, 0.4) is 0 Å². The highest BCUT2D eigenvalue weighted by Crippen LogP contribution is 2.13. The number of nitrogens with one attached hydrogen (secondary N) is 7. The van der Waals surface area contributed by atoms with Gasteiger partial charge in [0.15, 0.2) is 6.10 Å². The molecular formula is C51H66N8O16. The number of benzene rings is 3. The van der Waals surface area contributed by atoms with Gasteiger partial charge in [0.25, 0.3) is 5.91 Å². The van der Waals surface area contributed by atoms with Gasteiger partial charge in [-0.3, -0.25) is 47.9 Å². The number of carbonyl (C=O) groups excluding carboxylic acids is 7. The van der Waals surface area contributed by atoms with Gasteiger partial charge in [0.05, 0.1) is 18.5 Å². The number of aliphatic hydroxyl groups excluding tert-OH is 1. The van der Waals surface area contributed by atoms with Crippen molar-refractivity contribution in [1.29, 1.82) is 0 Å². The van der Waals surface area contributed by atoms with E-state index in [4.69, 9.17) is 10.8 Å². The van der Waals surface area contributed by atoms with Crippen molar-refractivity contribution in [2.75, 3.05) is 0 Å². The number of amides is 7. The molecule has 0 unspecified atom stereocenters. The zero-order chi connectivity index (χ0) is 55.8. The van der Waals surface area contributed by atoms with Crippen molar-refractivity contribution in [3.8, 4) is 0 Å². The Morgan fingerprint density at radius 3 is 1.35 bits per heavy atom. The highest BCUT2D eigenvalue weighted by molar-refractivity contribution is 5.97. The summed E-state index contributed by atoms with van der Waals surface area (Å²) in [4.78, 5) is 142. The van der Waals surface area contributed by atoms with E-state index >= 15 is 0 Å². The van der Waals surface area contributed by atoms with E-state index in [2.05, 4.69) is 37.2 Å². The third-order valence-corrected chi connectivity index (χ3v) is 11.5. The SMILES string of the molecule is CC(C)C[C@H](NC(=O)[C@H](Cc1ccccc1)NC(=O)[C@@H](N)CCC(=O)O)C(=O)N[C@@H](Cc1ccccc1)[C@@H](O)C(=O)N[C@@H](CC(=O)O)C(=O)N[C@@H](C)C(=O)N[C@@H](CCC(=O)O)C(=O)N[C@@H](Cc1ccccc1)C(=O)O. The molecule has 3 aromatic carbocycles. The maximum absolute atomic E-state index is 14.2. The van der Waals surface area contributed by atoms with Crippen LogP contribution < -0.4 is 43.0 Å². The number of carbonyl (C=O) groups is 11. The normalized spacial score (nSPS) is 14.6. The highest BCUT2D eigenvalue weighted by atomic mass is 16.4. The molecule has 0 aliphatic carbocycles. The summed E-state index contributed by atoms with van der Waals surface area (Å²) in [6.07, 6.45) is -5.57. The van der Waals surface area contributed by atoms with E-state index in [-0.39, 0.29) is 38.0 Å². The smallest absolute Gasteiger partial charge is 0.326 e. The van der Waals surface area contributed by atoms with Gasteiger partial charge in [-0.05, 0) is 55.2 Å². The fourth-order valence-corrected chi connectivity index (χ4v) is 7.47. The number of hydrogen-bond donors (Lipinski definition) is 13. The molecule has 0 aromatic heterocycles. The van der Waals surface area contributed by atoms with E-state index in [0.717, 1.165) is 6.92 Å². The summed E-state index contributed by atoms with van der Waals surface area (Å²) in [7, 11) is 0. The van der Waals surface area contributed by atoms with Crippen LogP contribution in [0.25, 0.3) is 0 Å². The summed E-state index contributed by atoms with van der Waals surface area (Å²) in [6.45, 7) is 4.62. The van der Waals surface area contributed by atoms with E-state index in [1.165, 1.54) is 0 Å². The van der Waals surface area contributed by atoms with E-state index in [9.17, 15) is 73.2 Å². The van der Waals surface area contributed by atoms with Crippen LogP contribution in [0.5, 0.6) is 0 Å². The van der Waals surface area contributed by atoms with Crippen LogP contribution in [-0.4, -0.2) is 145 Å². The lowest BCUT2D eigenvalue weighted by Gasteiger charge is -2.29. The van der Waals surface area contributed by atoms with E-state index < -0.39 is 145 Å². The summed E-state index contributed by atoms with van der Waals surface area (Å²) in [5, 5.41) is 66.2. The van der Waals surface area contributed by atoms with E-state index in [1.54, 1.807) is 105 Å². The van der Waals surface area contributed by atoms with Crippen LogP contribution in [0.4, 0.5) is 0 Å². The van der Waals surface area contributed by atoms with E-state index in [0.29, 0.717) is 16.7 Å². The van der Waals surface area contributed by atoms with Gasteiger partial charge in [0.1, 0.15) is 36.3 Å². The van der Waals surface area contributed by atoms with Crippen molar-refractivity contribution >= 4 is 65.2 Å². The molecular weight excluding hydrogens is 981 g/mol. The molecule has 3 rings (SSSR count). The largest absolute Gasteiger partial charge is 0.481 e. The van der Waals surface area contributed by atoms with Gasteiger partial charge < -0.3 is 68.5 Å². The van der Waals surface area contributed by atoms with Gasteiger partial charge in [-0.25, -0.2) is 4.79 Å². The third-order valence-electron chi connectivity index (χ3n) is 11.5. The number of aliphatic carboxylic acids is 4.